The third kappa shape index (κ3) is 35.3. The van der Waals surface area contributed by atoms with Gasteiger partial charge in [-0.1, -0.05) is 174 Å². The van der Waals surface area contributed by atoms with E-state index in [2.05, 4.69) is 217 Å². The van der Waals surface area contributed by atoms with E-state index in [1.54, 1.807) is 52.7 Å². The number of nitrogens with zero attached hydrogens (tertiary/aromatic N) is 4. The van der Waals surface area contributed by atoms with Gasteiger partial charge in [-0.15, -0.1) is 0 Å². The molecular weight excluding hydrogens is 1970 g/mol. The third-order valence-corrected chi connectivity index (χ3v) is 25.5. The van der Waals surface area contributed by atoms with Crippen LogP contribution in [0, 0.1) is 37.6 Å². The van der Waals surface area contributed by atoms with Crippen molar-refractivity contribution in [3.8, 4) is 46.0 Å². The van der Waals surface area contributed by atoms with E-state index in [-0.39, 0.29) is 32.1 Å². The summed E-state index contributed by atoms with van der Waals surface area (Å²) in [5.74, 6) is 7.70. The Labute approximate surface area is 837 Å². The fourth-order valence-electron chi connectivity index (χ4n) is 17.1. The zero-order valence-corrected chi connectivity index (χ0v) is 85.9. The zero-order valence-electron chi connectivity index (χ0n) is 77.3. The van der Waals surface area contributed by atoms with E-state index >= 15 is 0 Å². The maximum atomic E-state index is 11.4. The Bertz CT molecular complexity index is 5150. The summed E-state index contributed by atoms with van der Waals surface area (Å²) in [5, 5.41) is 17.2. The second-order valence-corrected chi connectivity index (χ2v) is 48.7. The summed E-state index contributed by atoms with van der Waals surface area (Å²) in [5.41, 5.74) is 35.9. The molecule has 4 aliphatic carbocycles. The second kappa shape index (κ2) is 60.0. The topological polar surface area (TPSA) is 144 Å². The van der Waals surface area contributed by atoms with Crippen LogP contribution in [0.3, 0.4) is 0 Å². The van der Waals surface area contributed by atoms with Gasteiger partial charge in [0.2, 0.25) is 0 Å². The monoisotopic (exact) mass is 2090 g/mol. The number of halogens is 5. The molecule has 2 N–H and O–H groups in total. The predicted octanol–water partition coefficient (Wildman–Crippen LogP) is 21.7. The van der Waals surface area contributed by atoms with Gasteiger partial charge in [-0.05, 0) is 359 Å². The number of likely N-dealkylation sites (tertiary alicyclic amines) is 4. The molecule has 132 heavy (non-hydrogen) atoms. The van der Waals surface area contributed by atoms with Gasteiger partial charge in [0.05, 0.1) is 28.4 Å². The number of aryl methyl sites for hydroxylation is 4. The number of fused-ring (bicyclic) bond motifs is 4. The van der Waals surface area contributed by atoms with Crippen LogP contribution in [-0.2, 0) is 25.7 Å². The molecule has 8 aliphatic rings. The largest absolute Gasteiger partial charge is 1.00 e. The van der Waals surface area contributed by atoms with Gasteiger partial charge in [-0.25, -0.2) is 0 Å². The average Bonchev–Trinajstić information content (AvgIpc) is 0.940. The molecule has 4 fully saturated rings. The molecule has 10 aromatic rings. The standard InChI is InChI=1S/C29H31NO2.C23H26BrNO2.C23H27NO2.C12H16BrNO.C11H12O2.C6H7BO2.C4H9.CH4.Ce.3ClH.Li/c1-31-26-14-16-28-24(21-26)11-15-27(22-7-3-2-4-8-22)29(28)23-9-12-25(13-10-23)32-20-19-30-17-5-6-18-30;1-26-20-9-10-21-18(16-20)6-11-22(24)23(21)17-4-7-19(8-5-17)27-15-14-25-12-2-3-13-25;1-25-21-11-12-23-19(17-21)5-4-6-22(23)18-7-9-20(10-8-18)26-16-15-24-13-2-3-14-24;13-11-3-5-12(6-4-11)15-10-9-14-7-1-2-8-14;1-13-9-5-6-10-8(7-9)3-2-4-11(10)12;8-7(9)6-4-2-1-3-5-6;1-3-4-2;;;;;;/h2-4,7-10,12-14,16,21H,5-6,11,15,17-20H2,1H3;4-5,7-10,16H,2-3,6,11-15H2,1H3;6-12,17H,2-5,13-16H2,1H3;3-6H,1-2,7-10H2;5-7H,2-4H2,1H3;1-5,8-9H;1,3-4H2,2H3;1H4;;3*1H;/q;;;;;;-1;;+3;;;;+1/p-3. The predicted molar refractivity (Wildman–Crippen MR) is 548 cm³/mol. The Balaban J connectivity index is 0.000000181. The number of Topliss-reactive ketones (excluding diaryl/α,β-unsaturated/α-hetero) is 1. The summed E-state index contributed by atoms with van der Waals surface area (Å²) in [6.07, 6.45) is 24.2. The molecule has 23 heteroatoms. The van der Waals surface area contributed by atoms with Crippen molar-refractivity contribution in [2.45, 2.75) is 136 Å². The summed E-state index contributed by atoms with van der Waals surface area (Å²) in [6, 6.07) is 78.1. The summed E-state index contributed by atoms with van der Waals surface area (Å²) in [4.78, 5) is 21.3. The molecule has 0 unspecified atom stereocenters. The molecule has 18 rings (SSSR count). The molecule has 0 bridgehead atoms. The van der Waals surface area contributed by atoms with Crippen molar-refractivity contribution in [1.29, 1.82) is 0 Å². The molecule has 0 aromatic heterocycles. The van der Waals surface area contributed by atoms with Crippen molar-refractivity contribution in [2.75, 3.05) is 133 Å². The van der Waals surface area contributed by atoms with E-state index in [0.29, 0.717) is 11.9 Å². The van der Waals surface area contributed by atoms with Gasteiger partial charge in [0.1, 0.15) is 72.4 Å². The van der Waals surface area contributed by atoms with Crippen molar-refractivity contribution in [3.05, 3.63) is 319 Å². The van der Waals surface area contributed by atoms with Crippen LogP contribution < -0.4 is 62.2 Å². The first-order chi connectivity index (χ1) is 63.5. The number of ketones is 1. The van der Waals surface area contributed by atoms with E-state index in [0.717, 1.165) is 172 Å². The fourth-order valence-corrected chi connectivity index (χ4v) is 18.0. The van der Waals surface area contributed by atoms with Gasteiger partial charge in [-0.3, -0.25) is 24.4 Å². The quantitative estimate of drug-likeness (QED) is 0.0392. The minimum Gasteiger partial charge on any atom is 1.00 e. The van der Waals surface area contributed by atoms with Crippen LogP contribution in [0.4, 0.5) is 0 Å². The minimum atomic E-state index is -2.24. The maximum absolute atomic E-state index is 11.4. The molecule has 0 amide bonds. The van der Waals surface area contributed by atoms with Gasteiger partial charge in [-0.2, -0.15) is 6.42 Å². The fraction of sp³-hybridized carbons (Fsp3) is 0.376. The zero-order chi connectivity index (χ0) is 91.6. The van der Waals surface area contributed by atoms with E-state index in [9.17, 15) is 4.79 Å². The van der Waals surface area contributed by atoms with Crippen LogP contribution in [-0.4, -0.2) is 176 Å². The Hall–Kier alpha value is -6.88. The van der Waals surface area contributed by atoms with Gasteiger partial charge in [0, 0.05) is 47.1 Å². The maximum Gasteiger partial charge on any atom is 1.00 e. The Morgan fingerprint density at radius 3 is 1.11 bits per heavy atom. The molecule has 10 aromatic carbocycles. The molecular formula is C109H132BBr2CeCl3LiN4O11. The second-order valence-electron chi connectivity index (χ2n) is 33.0. The van der Waals surface area contributed by atoms with E-state index in [1.165, 1.54) is 193 Å². The molecule has 0 saturated carbocycles. The first kappa shape index (κ1) is 109. The number of unbranched alkanes of at least 4 members (excludes halogenated alkanes) is 1. The van der Waals surface area contributed by atoms with Crippen molar-refractivity contribution in [1.82, 2.24) is 19.6 Å². The first-order valence-electron chi connectivity index (χ1n) is 46.1. The van der Waals surface area contributed by atoms with Crippen LogP contribution in [0.2, 0.25) is 0 Å². The first-order valence-corrected chi connectivity index (χ1v) is 59.5. The van der Waals surface area contributed by atoms with Crippen molar-refractivity contribution in [2.24, 2.45) is 0 Å². The Morgan fingerprint density at radius 2 is 0.720 bits per heavy atom. The molecule has 0 radical (unpaired) electrons. The van der Waals surface area contributed by atoms with Crippen LogP contribution in [0.5, 0.6) is 46.0 Å². The van der Waals surface area contributed by atoms with Crippen molar-refractivity contribution >= 4 is 89.4 Å². The van der Waals surface area contributed by atoms with Gasteiger partial charge in [0.25, 0.3) is 0 Å². The molecule has 15 nitrogen and oxygen atoms in total. The number of rotatable bonds is 26. The summed E-state index contributed by atoms with van der Waals surface area (Å²) < 4.78 is 47.3. The Morgan fingerprint density at radius 1 is 0.386 bits per heavy atom. The van der Waals surface area contributed by atoms with Crippen LogP contribution >= 0.6 is 48.7 Å². The van der Waals surface area contributed by atoms with Crippen molar-refractivity contribution < 1.29 is 102 Å². The molecule has 4 saturated heterocycles. The number of ether oxygens (including phenoxy) is 8. The van der Waals surface area contributed by atoms with E-state index in [1.807, 2.05) is 60.7 Å². The number of methoxy groups -OCH3 is 4. The summed E-state index contributed by atoms with van der Waals surface area (Å²) in [7, 11) is 5.49. The number of carbonyl (C=O) groups is 1. The van der Waals surface area contributed by atoms with Crippen LogP contribution in [0.25, 0.3) is 22.3 Å². The number of benzene rings is 10. The molecule has 0 spiro atoms. The summed E-state index contributed by atoms with van der Waals surface area (Å²) in [6.45, 7) is 22.7. The smallest absolute Gasteiger partial charge is 1.00 e. The SMILES string of the molecule is Brc1ccc(OCCN2CCCC2)cc1.C.COc1ccc2c(c1)CCC(Br)=C2c1ccc(OCCN2CCCC2)cc1.COc1ccc2c(c1)CCC(c1ccccc1)=C2c1ccc(OCCN2CCCC2)cc1.COc1ccc2c(c1)CCC=C2c1ccc(OCCN2CCCC2)cc1.COc1ccc2c(c1)CCCC2=O.OB(O)c1ccccc1.[CH2-]CCC.[Cl][Ce]([Cl])[Cl].[Li+]. The molecule has 4 aliphatic heterocycles. The number of carbonyl (C=O) groups excluding carboxylic acids is 1. The molecule has 4 heterocycles. The minimum absolute atomic E-state index is 0. The van der Waals surface area contributed by atoms with Gasteiger partial charge >= 0.3 is 73.5 Å². The van der Waals surface area contributed by atoms with Crippen LogP contribution in [0.15, 0.2) is 246 Å². The van der Waals surface area contributed by atoms with E-state index < -0.39 is 37.8 Å². The van der Waals surface area contributed by atoms with Crippen LogP contribution in [0.1, 0.15) is 182 Å². The molecule has 0 atom stereocenters. The third-order valence-electron chi connectivity index (χ3n) is 24.2. The van der Waals surface area contributed by atoms with Gasteiger partial charge in [0.15, 0.2) is 5.78 Å². The number of hydrogen-bond donors (Lipinski definition) is 2. The van der Waals surface area contributed by atoms with Crippen molar-refractivity contribution in [3.63, 3.8) is 0 Å². The normalized spacial score (nSPS) is 15.2. The van der Waals surface area contributed by atoms with Gasteiger partial charge < -0.3 is 54.9 Å². The molecule has 697 valence electrons. The number of allylic oxidation sites excluding steroid dienone is 3. The Kier molecular flexibility index (Phi) is 49.4. The summed E-state index contributed by atoms with van der Waals surface area (Å²) >= 11 is 4.97. The average molecular weight is 2100 g/mol. The number of hydrogen-bond acceptors (Lipinski definition) is 15. The van der Waals surface area contributed by atoms with E-state index in [4.69, 9.17) is 64.8 Å².